The number of likely N-dealkylation sites (tertiary alicyclic amines) is 1. The number of halogens is 1. The molecular weight excluding hydrogens is 521 g/mol. The highest BCUT2D eigenvalue weighted by molar-refractivity contribution is 14.0. The Bertz CT molecular complexity index is 708. The first-order valence-electron chi connectivity index (χ1n) is 11.7. The van der Waals surface area contributed by atoms with Crippen LogP contribution in [0.25, 0.3) is 0 Å². The van der Waals surface area contributed by atoms with Crippen molar-refractivity contribution in [3.8, 4) is 0 Å². The Morgan fingerprint density at radius 1 is 1.16 bits per heavy atom. The summed E-state index contributed by atoms with van der Waals surface area (Å²) in [6.07, 6.45) is 4.12. The van der Waals surface area contributed by atoms with Crippen LogP contribution in [0.15, 0.2) is 29.3 Å². The molecule has 1 atom stereocenters. The molecule has 0 aromatic heterocycles. The lowest BCUT2D eigenvalue weighted by molar-refractivity contribution is -0.149. The van der Waals surface area contributed by atoms with Crippen molar-refractivity contribution in [2.45, 2.75) is 58.8 Å². The molecule has 0 amide bonds. The first-order valence-corrected chi connectivity index (χ1v) is 11.7. The van der Waals surface area contributed by atoms with Crippen LogP contribution in [0.2, 0.25) is 0 Å². The number of aliphatic imine (C=N–C) groups is 1. The Labute approximate surface area is 209 Å². The Kier molecular flexibility index (Phi) is 12.3. The molecule has 0 spiro atoms. The number of piperidine rings is 1. The molecule has 2 fully saturated rings. The van der Waals surface area contributed by atoms with Gasteiger partial charge in [0.25, 0.3) is 0 Å². The van der Waals surface area contributed by atoms with Crippen LogP contribution in [0.5, 0.6) is 0 Å². The van der Waals surface area contributed by atoms with Gasteiger partial charge in [-0.25, -0.2) is 4.99 Å². The molecule has 0 bridgehead atoms. The highest BCUT2D eigenvalue weighted by atomic mass is 127. The standard InChI is InChI=1S/C24H37N3O4.HI/c1-3-25-24(27-13-5-6-21(17-27)23(28)30-4-2)26-16-19-7-9-20(10-8-19)18-31-22-11-14-29-15-12-22;/h7-10,21-22H,3-6,11-18H2,1-2H3,(H,25,26);1H. The third-order valence-corrected chi connectivity index (χ3v) is 5.76. The lowest BCUT2D eigenvalue weighted by Gasteiger charge is -2.34. The van der Waals surface area contributed by atoms with Crippen LogP contribution < -0.4 is 5.32 Å². The second kappa shape index (κ2) is 14.7. The van der Waals surface area contributed by atoms with Crippen molar-refractivity contribution in [3.05, 3.63) is 35.4 Å². The van der Waals surface area contributed by atoms with Crippen LogP contribution in [0.3, 0.4) is 0 Å². The smallest absolute Gasteiger partial charge is 0.310 e. The molecule has 1 N–H and O–H groups in total. The molecule has 2 heterocycles. The van der Waals surface area contributed by atoms with Crippen LogP contribution >= 0.6 is 24.0 Å². The maximum atomic E-state index is 12.2. The number of esters is 1. The summed E-state index contributed by atoms with van der Waals surface area (Å²) in [6.45, 7) is 9.55. The van der Waals surface area contributed by atoms with Gasteiger partial charge in [-0.2, -0.15) is 0 Å². The van der Waals surface area contributed by atoms with Gasteiger partial charge in [-0.15, -0.1) is 24.0 Å². The highest BCUT2D eigenvalue weighted by Crippen LogP contribution is 2.19. The quantitative estimate of drug-likeness (QED) is 0.227. The Morgan fingerprint density at radius 3 is 2.56 bits per heavy atom. The molecule has 1 aromatic rings. The van der Waals surface area contributed by atoms with E-state index in [-0.39, 0.29) is 35.9 Å². The number of hydrogen-bond acceptors (Lipinski definition) is 5. The average Bonchev–Trinajstić information content (AvgIpc) is 2.82. The van der Waals surface area contributed by atoms with E-state index in [4.69, 9.17) is 19.2 Å². The van der Waals surface area contributed by atoms with Gasteiger partial charge in [0.05, 0.1) is 31.8 Å². The van der Waals surface area contributed by atoms with Gasteiger partial charge in [0, 0.05) is 32.8 Å². The zero-order valence-corrected chi connectivity index (χ0v) is 21.7. The molecule has 1 unspecified atom stereocenters. The zero-order chi connectivity index (χ0) is 21.9. The van der Waals surface area contributed by atoms with Crippen LogP contribution in [0, 0.1) is 5.92 Å². The lowest BCUT2D eigenvalue weighted by Crippen LogP contribution is -2.48. The number of benzene rings is 1. The number of carbonyl (C=O) groups is 1. The maximum absolute atomic E-state index is 12.2. The number of guanidine groups is 1. The maximum Gasteiger partial charge on any atom is 0.310 e. The van der Waals surface area contributed by atoms with Gasteiger partial charge in [-0.05, 0) is 50.7 Å². The minimum atomic E-state index is -0.0957. The van der Waals surface area contributed by atoms with E-state index in [1.165, 1.54) is 5.56 Å². The van der Waals surface area contributed by atoms with E-state index < -0.39 is 0 Å². The molecule has 0 aliphatic carbocycles. The van der Waals surface area contributed by atoms with Crippen LogP contribution in [-0.4, -0.2) is 62.4 Å². The predicted octanol–water partition coefficient (Wildman–Crippen LogP) is 3.74. The lowest BCUT2D eigenvalue weighted by atomic mass is 9.98. The summed E-state index contributed by atoms with van der Waals surface area (Å²) < 4.78 is 16.6. The van der Waals surface area contributed by atoms with Crippen LogP contribution in [-0.2, 0) is 32.2 Å². The molecule has 32 heavy (non-hydrogen) atoms. The molecule has 180 valence electrons. The number of ether oxygens (including phenoxy) is 3. The zero-order valence-electron chi connectivity index (χ0n) is 19.4. The molecule has 2 saturated heterocycles. The number of rotatable bonds is 8. The second-order valence-electron chi connectivity index (χ2n) is 8.15. The normalized spacial score (nSPS) is 19.9. The number of carbonyl (C=O) groups excluding carboxylic acids is 1. The van der Waals surface area contributed by atoms with Gasteiger partial charge >= 0.3 is 5.97 Å². The molecule has 0 radical (unpaired) electrons. The van der Waals surface area contributed by atoms with Crippen molar-refractivity contribution in [1.29, 1.82) is 0 Å². The molecular formula is C24H38IN3O4. The van der Waals surface area contributed by atoms with E-state index in [0.29, 0.717) is 32.4 Å². The minimum absolute atomic E-state index is 0. The van der Waals surface area contributed by atoms with Crippen molar-refractivity contribution in [1.82, 2.24) is 10.2 Å². The Balaban J connectivity index is 0.00000363. The van der Waals surface area contributed by atoms with E-state index in [2.05, 4.69) is 41.4 Å². The van der Waals surface area contributed by atoms with Crippen molar-refractivity contribution in [2.24, 2.45) is 10.9 Å². The summed E-state index contributed by atoms with van der Waals surface area (Å²) in [4.78, 5) is 19.2. The van der Waals surface area contributed by atoms with E-state index in [1.54, 1.807) is 0 Å². The highest BCUT2D eigenvalue weighted by Gasteiger charge is 2.28. The molecule has 8 heteroatoms. The molecule has 0 saturated carbocycles. The molecule has 2 aliphatic heterocycles. The summed E-state index contributed by atoms with van der Waals surface area (Å²) in [5, 5.41) is 3.38. The second-order valence-corrected chi connectivity index (χ2v) is 8.15. The van der Waals surface area contributed by atoms with E-state index in [9.17, 15) is 4.79 Å². The van der Waals surface area contributed by atoms with Gasteiger partial charge in [0.2, 0.25) is 0 Å². The summed E-state index contributed by atoms with van der Waals surface area (Å²) in [7, 11) is 0. The first kappa shape index (κ1) is 26.9. The number of nitrogens with one attached hydrogen (secondary N) is 1. The van der Waals surface area contributed by atoms with Crippen molar-refractivity contribution in [3.63, 3.8) is 0 Å². The predicted molar refractivity (Wildman–Crippen MR) is 136 cm³/mol. The molecule has 3 rings (SSSR count). The van der Waals surface area contributed by atoms with E-state index >= 15 is 0 Å². The van der Waals surface area contributed by atoms with Gasteiger partial charge in [0.15, 0.2) is 5.96 Å². The summed E-state index contributed by atoms with van der Waals surface area (Å²) >= 11 is 0. The van der Waals surface area contributed by atoms with Gasteiger partial charge in [0.1, 0.15) is 0 Å². The van der Waals surface area contributed by atoms with Crippen molar-refractivity contribution >= 4 is 35.9 Å². The summed E-state index contributed by atoms with van der Waals surface area (Å²) in [6, 6.07) is 8.48. The minimum Gasteiger partial charge on any atom is -0.466 e. The van der Waals surface area contributed by atoms with E-state index in [0.717, 1.165) is 63.5 Å². The number of nitrogens with zero attached hydrogens (tertiary/aromatic N) is 2. The SMILES string of the molecule is CCNC(=NCc1ccc(COC2CCOCC2)cc1)N1CCCC(C(=O)OCC)C1.I. The van der Waals surface area contributed by atoms with Crippen molar-refractivity contribution < 1.29 is 19.0 Å². The Hall–Kier alpha value is -1.39. The van der Waals surface area contributed by atoms with Crippen LogP contribution in [0.4, 0.5) is 0 Å². The number of hydrogen-bond donors (Lipinski definition) is 1. The average molecular weight is 559 g/mol. The monoisotopic (exact) mass is 559 g/mol. The fourth-order valence-corrected chi connectivity index (χ4v) is 4.01. The third kappa shape index (κ3) is 8.51. The summed E-state index contributed by atoms with van der Waals surface area (Å²) in [5.41, 5.74) is 2.34. The first-order chi connectivity index (χ1) is 15.2. The van der Waals surface area contributed by atoms with Crippen molar-refractivity contribution in [2.75, 3.05) is 39.5 Å². The molecule has 7 nitrogen and oxygen atoms in total. The fourth-order valence-electron chi connectivity index (χ4n) is 4.01. The summed E-state index contributed by atoms with van der Waals surface area (Å²) in [5.74, 6) is 0.692. The van der Waals surface area contributed by atoms with Crippen LogP contribution in [0.1, 0.15) is 50.7 Å². The largest absolute Gasteiger partial charge is 0.466 e. The third-order valence-electron chi connectivity index (χ3n) is 5.76. The Morgan fingerprint density at radius 2 is 1.88 bits per heavy atom. The van der Waals surface area contributed by atoms with Gasteiger partial charge in [-0.1, -0.05) is 24.3 Å². The van der Waals surface area contributed by atoms with E-state index in [1.807, 2.05) is 6.92 Å². The van der Waals surface area contributed by atoms with Gasteiger partial charge < -0.3 is 24.4 Å². The van der Waals surface area contributed by atoms with Gasteiger partial charge in [-0.3, -0.25) is 4.79 Å². The fraction of sp³-hybridized carbons (Fsp3) is 0.667. The molecule has 1 aromatic carbocycles. The molecule has 2 aliphatic rings. The topological polar surface area (TPSA) is 72.4 Å².